The normalized spacial score (nSPS) is 13.9. The maximum atomic E-state index is 13.3. The first-order valence-corrected chi connectivity index (χ1v) is 13.8. The zero-order valence-corrected chi connectivity index (χ0v) is 20.4. The van der Waals surface area contributed by atoms with E-state index >= 15 is 0 Å². The first-order valence-electron chi connectivity index (χ1n) is 9.74. The summed E-state index contributed by atoms with van der Waals surface area (Å²) in [6.07, 6.45) is 5.73. The molecule has 0 aliphatic rings. The third kappa shape index (κ3) is 10.4. The molecule has 31 heavy (non-hydrogen) atoms. The molecule has 0 aromatic heterocycles. The maximum absolute atomic E-state index is 13.3. The number of allylic oxidation sites excluding steroid dienone is 3. The van der Waals surface area contributed by atoms with Gasteiger partial charge in [0, 0.05) is 0 Å². The number of para-hydroxylation sites is 2. The van der Waals surface area contributed by atoms with E-state index in [0.29, 0.717) is 0 Å². The molecule has 0 spiro atoms. The summed E-state index contributed by atoms with van der Waals surface area (Å²) in [4.78, 5) is 10.5. The van der Waals surface area contributed by atoms with E-state index in [2.05, 4.69) is 19.9 Å². The molecule has 1 N–H and O–H groups in total. The molecular formula is C22H28O6P2S. The summed E-state index contributed by atoms with van der Waals surface area (Å²) in [5.41, 5.74) is 2.34. The van der Waals surface area contributed by atoms with Gasteiger partial charge in [-0.15, -0.1) is 0 Å². The summed E-state index contributed by atoms with van der Waals surface area (Å²) in [7, 11) is -4.34. The van der Waals surface area contributed by atoms with Crippen molar-refractivity contribution in [2.24, 2.45) is 0 Å². The molecule has 1 unspecified atom stereocenters. The van der Waals surface area contributed by atoms with Gasteiger partial charge in [-0.1, -0.05) is 59.7 Å². The third-order valence-corrected chi connectivity index (χ3v) is 7.77. The van der Waals surface area contributed by atoms with E-state index in [0.717, 1.165) is 18.4 Å². The molecule has 0 fully saturated rings. The molecule has 9 heteroatoms. The fourth-order valence-electron chi connectivity index (χ4n) is 2.39. The van der Waals surface area contributed by atoms with Gasteiger partial charge in [0.25, 0.3) is 0 Å². The van der Waals surface area contributed by atoms with Crippen molar-refractivity contribution in [3.63, 3.8) is 0 Å². The van der Waals surface area contributed by atoms with E-state index in [1.807, 2.05) is 6.92 Å². The standard InChI is InChI=1S/C22H28O6P2S/c1-19(2)11-10-12-20(3)17-18-25-30(24,31)28-29(23,26-21-13-6-4-7-14-21)27-22-15-8-5-9-16-22/h4-9,11,13-17H,10,12,18H2,1-3H3,(H,24,31)/b20-17+. The fraction of sp³-hybridized carbons (Fsp3) is 0.273. The number of rotatable bonds is 12. The Labute approximate surface area is 189 Å². The van der Waals surface area contributed by atoms with Crippen LogP contribution in [0, 0.1) is 0 Å². The number of hydrogen-bond acceptors (Lipinski definition) is 6. The molecule has 168 valence electrons. The van der Waals surface area contributed by atoms with Gasteiger partial charge < -0.3 is 18.5 Å². The van der Waals surface area contributed by atoms with Gasteiger partial charge in [0.2, 0.25) is 0 Å². The van der Waals surface area contributed by atoms with Gasteiger partial charge in [-0.25, -0.2) is 4.57 Å². The van der Waals surface area contributed by atoms with Gasteiger partial charge in [-0.05, 0) is 69.7 Å². The van der Waals surface area contributed by atoms with Crippen LogP contribution in [0.2, 0.25) is 0 Å². The molecule has 2 aromatic rings. The Bertz CT molecular complexity index is 927. The molecule has 0 radical (unpaired) electrons. The number of phosphoric acid groups is 1. The quantitative estimate of drug-likeness (QED) is 0.253. The van der Waals surface area contributed by atoms with Crippen LogP contribution in [0.5, 0.6) is 11.5 Å². The van der Waals surface area contributed by atoms with Crippen LogP contribution in [0.1, 0.15) is 33.6 Å². The van der Waals surface area contributed by atoms with Crippen molar-refractivity contribution in [2.75, 3.05) is 6.61 Å². The monoisotopic (exact) mass is 482 g/mol. The van der Waals surface area contributed by atoms with Crippen molar-refractivity contribution in [3.8, 4) is 11.5 Å². The van der Waals surface area contributed by atoms with Crippen molar-refractivity contribution < 1.29 is 27.3 Å². The lowest BCUT2D eigenvalue weighted by molar-refractivity contribution is 0.241. The SMILES string of the molecule is CC(C)=CCC/C(C)=C/COP(O)(=S)OP(=O)(Oc1ccccc1)Oc1ccccc1. The summed E-state index contributed by atoms with van der Waals surface area (Å²) in [5.74, 6) is 0.485. The van der Waals surface area contributed by atoms with Crippen LogP contribution in [0.25, 0.3) is 0 Å². The Balaban J connectivity index is 2.06. The van der Waals surface area contributed by atoms with E-state index in [1.165, 1.54) is 5.57 Å². The predicted molar refractivity (Wildman–Crippen MR) is 128 cm³/mol. The lowest BCUT2D eigenvalue weighted by Crippen LogP contribution is -2.05. The summed E-state index contributed by atoms with van der Waals surface area (Å²) in [5, 5.41) is 0. The Morgan fingerprint density at radius 3 is 1.94 bits per heavy atom. The average Bonchev–Trinajstić information content (AvgIpc) is 2.68. The Kier molecular flexibility index (Phi) is 10.2. The van der Waals surface area contributed by atoms with Crippen molar-refractivity contribution in [2.45, 2.75) is 33.6 Å². The summed E-state index contributed by atoms with van der Waals surface area (Å²) in [6.45, 7) is 2.16. The molecule has 1 atom stereocenters. The molecule has 2 rings (SSSR count). The van der Waals surface area contributed by atoms with Crippen LogP contribution < -0.4 is 9.05 Å². The maximum Gasteiger partial charge on any atom is 0.595 e. The highest BCUT2D eigenvalue weighted by Gasteiger charge is 2.38. The van der Waals surface area contributed by atoms with E-state index in [9.17, 15) is 9.46 Å². The smallest absolute Gasteiger partial charge is 0.395 e. The Morgan fingerprint density at radius 1 is 0.935 bits per heavy atom. The largest absolute Gasteiger partial charge is 0.595 e. The number of benzene rings is 2. The summed E-state index contributed by atoms with van der Waals surface area (Å²) >= 11 is 5.05. The van der Waals surface area contributed by atoms with Crippen LogP contribution in [0.3, 0.4) is 0 Å². The lowest BCUT2D eigenvalue weighted by atomic mass is 10.1. The second-order valence-corrected chi connectivity index (χ2v) is 11.5. The van der Waals surface area contributed by atoms with Gasteiger partial charge >= 0.3 is 14.5 Å². The lowest BCUT2D eigenvalue weighted by Gasteiger charge is -2.22. The van der Waals surface area contributed by atoms with Crippen molar-refractivity contribution in [1.82, 2.24) is 0 Å². The second kappa shape index (κ2) is 12.4. The summed E-state index contributed by atoms with van der Waals surface area (Å²) in [6, 6.07) is 16.7. The molecule has 0 aliphatic carbocycles. The molecule has 0 saturated heterocycles. The molecule has 0 heterocycles. The minimum atomic E-state index is -4.34. The first kappa shape index (κ1) is 25.5. The predicted octanol–water partition coefficient (Wildman–Crippen LogP) is 7.20. The molecular weight excluding hydrogens is 454 g/mol. The topological polar surface area (TPSA) is 74.2 Å². The first-order chi connectivity index (χ1) is 14.7. The highest BCUT2D eigenvalue weighted by atomic mass is 32.5. The Morgan fingerprint density at radius 2 is 1.45 bits per heavy atom. The van der Waals surface area contributed by atoms with Crippen LogP contribution in [-0.4, -0.2) is 11.5 Å². The number of hydrogen-bond donors (Lipinski definition) is 1. The van der Waals surface area contributed by atoms with E-state index in [4.69, 9.17) is 29.7 Å². The van der Waals surface area contributed by atoms with Crippen molar-refractivity contribution in [1.29, 1.82) is 0 Å². The zero-order valence-electron chi connectivity index (χ0n) is 17.8. The molecule has 0 bridgehead atoms. The van der Waals surface area contributed by atoms with Crippen LogP contribution in [-0.2, 0) is 25.2 Å². The number of phosphoric ester groups is 1. The molecule has 0 saturated carbocycles. The third-order valence-electron chi connectivity index (χ3n) is 3.88. The highest BCUT2D eigenvalue weighted by Crippen LogP contribution is 2.62. The fourth-order valence-corrected chi connectivity index (χ4v) is 5.83. The van der Waals surface area contributed by atoms with Gasteiger partial charge in [-0.3, -0.25) is 0 Å². The van der Waals surface area contributed by atoms with Crippen molar-refractivity contribution in [3.05, 3.63) is 84.0 Å². The van der Waals surface area contributed by atoms with Crippen LogP contribution in [0.15, 0.2) is 84.0 Å². The summed E-state index contributed by atoms with van der Waals surface area (Å²) < 4.78 is 34.8. The highest BCUT2D eigenvalue weighted by molar-refractivity contribution is 8.08. The van der Waals surface area contributed by atoms with Crippen LogP contribution >= 0.6 is 14.5 Å². The molecule has 6 nitrogen and oxygen atoms in total. The zero-order chi connectivity index (χ0) is 22.7. The minimum absolute atomic E-state index is 0.0190. The van der Waals surface area contributed by atoms with E-state index in [-0.39, 0.29) is 18.1 Å². The minimum Gasteiger partial charge on any atom is -0.395 e. The van der Waals surface area contributed by atoms with Gasteiger partial charge in [0.05, 0.1) is 6.61 Å². The van der Waals surface area contributed by atoms with Gasteiger partial charge in [-0.2, -0.15) is 4.31 Å². The molecule has 0 amide bonds. The molecule has 2 aromatic carbocycles. The van der Waals surface area contributed by atoms with Crippen molar-refractivity contribution >= 4 is 26.3 Å². The second-order valence-electron chi connectivity index (χ2n) is 6.97. The Hall–Kier alpha value is -1.72. The van der Waals surface area contributed by atoms with Gasteiger partial charge in [0.1, 0.15) is 11.5 Å². The van der Waals surface area contributed by atoms with Crippen LogP contribution in [0.4, 0.5) is 0 Å². The average molecular weight is 482 g/mol. The van der Waals surface area contributed by atoms with E-state index in [1.54, 1.807) is 66.7 Å². The van der Waals surface area contributed by atoms with Gasteiger partial charge in [0.15, 0.2) is 0 Å². The molecule has 0 aliphatic heterocycles. The van der Waals surface area contributed by atoms with E-state index < -0.39 is 14.5 Å².